The van der Waals surface area contributed by atoms with E-state index in [0.29, 0.717) is 5.65 Å². The number of rotatable bonds is 1. The number of nitrogen functional groups attached to an aromatic ring is 1. The van der Waals surface area contributed by atoms with E-state index < -0.39 is 11.7 Å². The highest BCUT2D eigenvalue weighted by atomic mass is 79.9. The summed E-state index contributed by atoms with van der Waals surface area (Å²) in [5.41, 5.74) is 5.80. The fourth-order valence-corrected chi connectivity index (χ4v) is 2.51. The molecule has 0 unspecified atom stereocenters. The number of nitrogens with zero attached hydrogens (tertiary/aromatic N) is 2. The molecule has 2 heterocycles. The van der Waals surface area contributed by atoms with Gasteiger partial charge in [-0.15, -0.1) is 0 Å². The van der Waals surface area contributed by atoms with E-state index in [4.69, 9.17) is 5.73 Å². The van der Waals surface area contributed by atoms with Gasteiger partial charge in [0, 0.05) is 16.2 Å². The molecule has 0 radical (unpaired) electrons. The van der Waals surface area contributed by atoms with E-state index in [1.165, 1.54) is 18.2 Å². The van der Waals surface area contributed by atoms with Crippen LogP contribution in [0.3, 0.4) is 0 Å². The van der Waals surface area contributed by atoms with Gasteiger partial charge < -0.3 is 5.73 Å². The third-order valence-electron chi connectivity index (χ3n) is 3.11. The van der Waals surface area contributed by atoms with Crippen molar-refractivity contribution >= 4 is 27.4 Å². The minimum atomic E-state index is -4.46. The van der Waals surface area contributed by atoms with Gasteiger partial charge in [-0.3, -0.25) is 4.40 Å². The summed E-state index contributed by atoms with van der Waals surface area (Å²) in [7, 11) is 0. The number of imidazole rings is 1. The first kappa shape index (κ1) is 13.9. The summed E-state index contributed by atoms with van der Waals surface area (Å²) < 4.78 is 41.6. The van der Waals surface area contributed by atoms with E-state index >= 15 is 0 Å². The van der Waals surface area contributed by atoms with Gasteiger partial charge in [0.2, 0.25) is 0 Å². The molecule has 2 aromatic heterocycles. The van der Waals surface area contributed by atoms with E-state index in [0.717, 1.165) is 10.5 Å². The van der Waals surface area contributed by atoms with Crippen LogP contribution in [0.25, 0.3) is 16.9 Å². The minimum absolute atomic E-state index is 0.0256. The highest BCUT2D eigenvalue weighted by Crippen LogP contribution is 2.38. The fraction of sp³-hybridized carbons (Fsp3) is 0.0714. The van der Waals surface area contributed by atoms with Crippen LogP contribution in [0, 0.1) is 0 Å². The second-order valence-corrected chi connectivity index (χ2v) is 5.38. The van der Waals surface area contributed by atoms with E-state index in [2.05, 4.69) is 20.9 Å². The van der Waals surface area contributed by atoms with E-state index in [1.807, 2.05) is 0 Å². The first-order valence-electron chi connectivity index (χ1n) is 5.97. The fourth-order valence-electron chi connectivity index (χ4n) is 2.17. The van der Waals surface area contributed by atoms with Gasteiger partial charge >= 0.3 is 6.18 Å². The van der Waals surface area contributed by atoms with Crippen LogP contribution in [0.1, 0.15) is 5.56 Å². The zero-order chi connectivity index (χ0) is 15.2. The molecule has 0 aliphatic carbocycles. The molecule has 0 amide bonds. The number of pyridine rings is 1. The minimum Gasteiger partial charge on any atom is -0.383 e. The normalized spacial score (nSPS) is 12.0. The average molecular weight is 356 g/mol. The number of benzene rings is 1. The SMILES string of the molecule is Nc1c(-c2ccccc2C(F)(F)F)nc2ccc(Br)cn12. The van der Waals surface area contributed by atoms with Gasteiger partial charge in [-0.1, -0.05) is 18.2 Å². The standard InChI is InChI=1S/C14H9BrF3N3/c15-8-5-6-11-20-12(13(19)21(11)7-8)9-3-1-2-4-10(9)14(16,17)18/h1-7H,19H2. The molecule has 0 saturated carbocycles. The van der Waals surface area contributed by atoms with Crippen molar-refractivity contribution in [3.8, 4) is 11.3 Å². The molecule has 0 fully saturated rings. The summed E-state index contributed by atoms with van der Waals surface area (Å²) in [6.07, 6.45) is -2.79. The van der Waals surface area contributed by atoms with Gasteiger partial charge in [0.25, 0.3) is 0 Å². The van der Waals surface area contributed by atoms with Crippen molar-refractivity contribution in [1.82, 2.24) is 9.38 Å². The van der Waals surface area contributed by atoms with Gasteiger partial charge in [-0.05, 0) is 34.1 Å². The number of halogens is 4. The van der Waals surface area contributed by atoms with Crippen LogP contribution >= 0.6 is 15.9 Å². The summed E-state index contributed by atoms with van der Waals surface area (Å²) in [6, 6.07) is 8.70. The summed E-state index contributed by atoms with van der Waals surface area (Å²) >= 11 is 3.29. The first-order chi connectivity index (χ1) is 9.88. The predicted molar refractivity (Wildman–Crippen MR) is 77.7 cm³/mol. The molecule has 1 aromatic carbocycles. The second-order valence-electron chi connectivity index (χ2n) is 4.46. The second kappa shape index (κ2) is 4.77. The molecule has 0 bridgehead atoms. The van der Waals surface area contributed by atoms with Crippen LogP contribution in [0.5, 0.6) is 0 Å². The Labute approximate surface area is 126 Å². The molecular weight excluding hydrogens is 347 g/mol. The smallest absolute Gasteiger partial charge is 0.383 e. The Hall–Kier alpha value is -2.02. The topological polar surface area (TPSA) is 43.3 Å². The highest BCUT2D eigenvalue weighted by Gasteiger charge is 2.34. The zero-order valence-corrected chi connectivity index (χ0v) is 12.1. The van der Waals surface area contributed by atoms with Crippen molar-refractivity contribution in [1.29, 1.82) is 0 Å². The van der Waals surface area contributed by atoms with Crippen LogP contribution in [-0.2, 0) is 6.18 Å². The van der Waals surface area contributed by atoms with Crippen LogP contribution in [0.2, 0.25) is 0 Å². The average Bonchev–Trinajstić information content (AvgIpc) is 2.75. The first-order valence-corrected chi connectivity index (χ1v) is 6.77. The van der Waals surface area contributed by atoms with Crippen LogP contribution in [0.4, 0.5) is 19.0 Å². The molecule has 0 spiro atoms. The zero-order valence-electron chi connectivity index (χ0n) is 10.5. The largest absolute Gasteiger partial charge is 0.417 e. The number of alkyl halides is 3. The number of hydrogen-bond donors (Lipinski definition) is 1. The van der Waals surface area contributed by atoms with Crippen molar-refractivity contribution in [2.75, 3.05) is 5.73 Å². The summed E-state index contributed by atoms with van der Waals surface area (Å²) in [5, 5.41) is 0. The van der Waals surface area contributed by atoms with Crippen molar-refractivity contribution < 1.29 is 13.2 Å². The molecule has 0 atom stereocenters. The van der Waals surface area contributed by atoms with Gasteiger partial charge in [-0.25, -0.2) is 4.98 Å². The molecule has 0 saturated heterocycles. The maximum atomic E-state index is 13.1. The Balaban J connectivity index is 2.29. The van der Waals surface area contributed by atoms with E-state index in [-0.39, 0.29) is 17.1 Å². The number of hydrogen-bond acceptors (Lipinski definition) is 2. The Bertz CT molecular complexity index is 824. The number of aromatic nitrogens is 2. The predicted octanol–water partition coefficient (Wildman–Crippen LogP) is 4.36. The monoisotopic (exact) mass is 355 g/mol. The molecule has 108 valence electrons. The molecule has 2 N–H and O–H groups in total. The lowest BCUT2D eigenvalue weighted by atomic mass is 10.0. The summed E-state index contributed by atoms with van der Waals surface area (Å²) in [5.74, 6) is 0.169. The van der Waals surface area contributed by atoms with Crippen molar-refractivity contribution in [2.24, 2.45) is 0 Å². The van der Waals surface area contributed by atoms with Crippen LogP contribution < -0.4 is 5.73 Å². The molecule has 3 rings (SSSR count). The molecule has 21 heavy (non-hydrogen) atoms. The van der Waals surface area contributed by atoms with Crippen LogP contribution in [0.15, 0.2) is 47.1 Å². The van der Waals surface area contributed by atoms with Gasteiger partial charge in [0.15, 0.2) is 0 Å². The Morgan fingerprint density at radius 2 is 1.81 bits per heavy atom. The number of anilines is 1. The Morgan fingerprint density at radius 1 is 1.10 bits per heavy atom. The summed E-state index contributed by atoms with van der Waals surface area (Å²) in [6.45, 7) is 0. The van der Waals surface area contributed by atoms with E-state index in [9.17, 15) is 13.2 Å². The van der Waals surface area contributed by atoms with Crippen molar-refractivity contribution in [3.05, 3.63) is 52.6 Å². The molecule has 0 aliphatic rings. The van der Waals surface area contributed by atoms with Gasteiger partial charge in [0.05, 0.1) is 5.56 Å². The molecule has 3 aromatic rings. The maximum Gasteiger partial charge on any atom is 0.417 e. The molecule has 0 aliphatic heterocycles. The molecule has 7 heteroatoms. The number of fused-ring (bicyclic) bond motifs is 1. The third kappa shape index (κ3) is 2.37. The summed E-state index contributed by atoms with van der Waals surface area (Å²) in [4.78, 5) is 4.21. The van der Waals surface area contributed by atoms with Crippen LogP contribution in [-0.4, -0.2) is 9.38 Å². The van der Waals surface area contributed by atoms with Gasteiger partial charge in [0.1, 0.15) is 17.2 Å². The van der Waals surface area contributed by atoms with Crippen molar-refractivity contribution in [3.63, 3.8) is 0 Å². The highest BCUT2D eigenvalue weighted by molar-refractivity contribution is 9.10. The lowest BCUT2D eigenvalue weighted by Crippen LogP contribution is -2.07. The molecule has 3 nitrogen and oxygen atoms in total. The van der Waals surface area contributed by atoms with Crippen molar-refractivity contribution in [2.45, 2.75) is 6.18 Å². The Morgan fingerprint density at radius 3 is 2.52 bits per heavy atom. The maximum absolute atomic E-state index is 13.1. The lowest BCUT2D eigenvalue weighted by molar-refractivity contribution is -0.137. The van der Waals surface area contributed by atoms with E-state index in [1.54, 1.807) is 22.7 Å². The number of nitrogens with two attached hydrogens (primary N) is 1. The lowest BCUT2D eigenvalue weighted by Gasteiger charge is -2.11. The molecular formula is C14H9BrF3N3. The Kier molecular flexibility index (Phi) is 3.16. The third-order valence-corrected chi connectivity index (χ3v) is 3.58. The quantitative estimate of drug-likeness (QED) is 0.704. The van der Waals surface area contributed by atoms with Gasteiger partial charge in [-0.2, -0.15) is 13.2 Å².